The molecule has 5 nitrogen and oxygen atoms in total. The highest BCUT2D eigenvalue weighted by atomic mass is 19.1. The molecule has 1 aliphatic heterocycles. The molecule has 6 heteroatoms. The quantitative estimate of drug-likeness (QED) is 0.550. The first-order valence-electron chi connectivity index (χ1n) is 10.0. The van der Waals surface area contributed by atoms with Crippen molar-refractivity contribution in [2.45, 2.75) is 13.3 Å². The zero-order valence-electron chi connectivity index (χ0n) is 17.0. The maximum atomic E-state index is 13.5. The van der Waals surface area contributed by atoms with Crippen LogP contribution in [0.3, 0.4) is 0 Å². The summed E-state index contributed by atoms with van der Waals surface area (Å²) in [6.45, 7) is 2.59. The van der Waals surface area contributed by atoms with E-state index in [0.717, 1.165) is 11.3 Å². The van der Waals surface area contributed by atoms with Gasteiger partial charge >= 0.3 is 0 Å². The molecule has 0 atom stereocenters. The van der Waals surface area contributed by atoms with E-state index in [1.54, 1.807) is 36.4 Å². The SMILES string of the molecule is CCCOc1cccc(NC2=C(c3ccc(F)cc3)C(=O)N(c3ccccc3)C2=O)c1. The third-order valence-electron chi connectivity index (χ3n) is 4.81. The highest BCUT2D eigenvalue weighted by Gasteiger charge is 2.40. The van der Waals surface area contributed by atoms with E-state index in [2.05, 4.69) is 5.32 Å². The standard InChI is InChI=1S/C25H21FN2O3/c1-2-15-31-21-10-6-7-19(16-21)27-23-22(17-11-13-18(26)14-12-17)24(29)28(25(23)30)20-8-4-3-5-9-20/h3-14,16,27H,2,15H2,1H3. The maximum Gasteiger partial charge on any atom is 0.282 e. The number of rotatable bonds is 7. The molecule has 0 fully saturated rings. The zero-order valence-corrected chi connectivity index (χ0v) is 17.0. The molecule has 3 aromatic carbocycles. The number of para-hydroxylation sites is 1. The van der Waals surface area contributed by atoms with Crippen LogP contribution in [0.2, 0.25) is 0 Å². The Morgan fingerprint density at radius 1 is 0.903 bits per heavy atom. The van der Waals surface area contributed by atoms with Gasteiger partial charge in [0.05, 0.1) is 17.9 Å². The van der Waals surface area contributed by atoms with Crippen LogP contribution in [0, 0.1) is 5.82 Å². The summed E-state index contributed by atoms with van der Waals surface area (Å²) in [4.78, 5) is 27.7. The van der Waals surface area contributed by atoms with Crippen LogP contribution in [0.4, 0.5) is 15.8 Å². The van der Waals surface area contributed by atoms with E-state index in [0.29, 0.717) is 29.3 Å². The lowest BCUT2D eigenvalue weighted by molar-refractivity contribution is -0.120. The third kappa shape index (κ3) is 4.19. The van der Waals surface area contributed by atoms with Crippen molar-refractivity contribution in [3.05, 3.63) is 95.9 Å². The number of benzene rings is 3. The number of nitrogens with zero attached hydrogens (tertiary/aromatic N) is 1. The number of hydrogen-bond acceptors (Lipinski definition) is 4. The molecule has 3 aromatic rings. The van der Waals surface area contributed by atoms with Crippen LogP contribution in [0.1, 0.15) is 18.9 Å². The largest absolute Gasteiger partial charge is 0.494 e. The van der Waals surface area contributed by atoms with E-state index in [-0.39, 0.29) is 11.3 Å². The number of amides is 2. The summed E-state index contributed by atoms with van der Waals surface area (Å²) < 4.78 is 19.1. The van der Waals surface area contributed by atoms with Gasteiger partial charge in [-0.05, 0) is 48.4 Å². The topological polar surface area (TPSA) is 58.6 Å². The van der Waals surface area contributed by atoms with Gasteiger partial charge in [-0.1, -0.05) is 43.3 Å². The van der Waals surface area contributed by atoms with Gasteiger partial charge < -0.3 is 10.1 Å². The molecular formula is C25H21FN2O3. The number of anilines is 2. The first-order valence-corrected chi connectivity index (χ1v) is 10.0. The number of hydrogen-bond donors (Lipinski definition) is 1. The molecule has 156 valence electrons. The lowest BCUT2D eigenvalue weighted by Gasteiger charge is -2.15. The monoisotopic (exact) mass is 416 g/mol. The third-order valence-corrected chi connectivity index (χ3v) is 4.81. The molecular weight excluding hydrogens is 395 g/mol. The van der Waals surface area contributed by atoms with Crippen LogP contribution < -0.4 is 15.0 Å². The number of carbonyl (C=O) groups is 2. The van der Waals surface area contributed by atoms with E-state index < -0.39 is 17.6 Å². The Morgan fingerprint density at radius 3 is 2.35 bits per heavy atom. The first-order chi connectivity index (χ1) is 15.1. The van der Waals surface area contributed by atoms with Crippen molar-refractivity contribution in [1.82, 2.24) is 0 Å². The summed E-state index contributed by atoms with van der Waals surface area (Å²) in [6.07, 6.45) is 0.872. The van der Waals surface area contributed by atoms with Crippen LogP contribution in [0.25, 0.3) is 5.57 Å². The van der Waals surface area contributed by atoms with E-state index >= 15 is 0 Å². The summed E-state index contributed by atoms with van der Waals surface area (Å²) >= 11 is 0. The fourth-order valence-corrected chi connectivity index (χ4v) is 3.37. The van der Waals surface area contributed by atoms with Gasteiger partial charge in [-0.3, -0.25) is 9.59 Å². The summed E-state index contributed by atoms with van der Waals surface area (Å²) in [5, 5.41) is 3.09. The van der Waals surface area contributed by atoms with Gasteiger partial charge in [-0.25, -0.2) is 9.29 Å². The molecule has 31 heavy (non-hydrogen) atoms. The van der Waals surface area contributed by atoms with Gasteiger partial charge in [-0.2, -0.15) is 0 Å². The number of ether oxygens (including phenoxy) is 1. The summed E-state index contributed by atoms with van der Waals surface area (Å²) in [7, 11) is 0. The summed E-state index contributed by atoms with van der Waals surface area (Å²) in [5.41, 5.74) is 1.86. The predicted molar refractivity (Wildman–Crippen MR) is 118 cm³/mol. The van der Waals surface area contributed by atoms with E-state index in [1.807, 2.05) is 25.1 Å². The smallest absolute Gasteiger partial charge is 0.282 e. The number of imide groups is 1. The minimum atomic E-state index is -0.476. The Hall–Kier alpha value is -3.93. The Balaban J connectivity index is 1.75. The molecule has 0 radical (unpaired) electrons. The van der Waals surface area contributed by atoms with Gasteiger partial charge in [0.1, 0.15) is 17.3 Å². The number of halogens is 1. The van der Waals surface area contributed by atoms with Crippen molar-refractivity contribution in [1.29, 1.82) is 0 Å². The van der Waals surface area contributed by atoms with Crippen molar-refractivity contribution < 1.29 is 18.7 Å². The highest BCUT2D eigenvalue weighted by molar-refractivity contribution is 6.46. The molecule has 0 aromatic heterocycles. The summed E-state index contributed by atoms with van der Waals surface area (Å²) in [6, 6.07) is 21.4. The molecule has 4 rings (SSSR count). The van der Waals surface area contributed by atoms with Crippen LogP contribution in [0.5, 0.6) is 5.75 Å². The van der Waals surface area contributed by atoms with Crippen molar-refractivity contribution in [2.75, 3.05) is 16.8 Å². The average molecular weight is 416 g/mol. The molecule has 1 heterocycles. The Bertz CT molecular complexity index is 1140. The normalized spacial score (nSPS) is 13.7. The zero-order chi connectivity index (χ0) is 21.8. The van der Waals surface area contributed by atoms with Crippen molar-refractivity contribution in [2.24, 2.45) is 0 Å². The van der Waals surface area contributed by atoms with Crippen molar-refractivity contribution in [3.63, 3.8) is 0 Å². The Labute approximate surface area is 179 Å². The van der Waals surface area contributed by atoms with Crippen molar-refractivity contribution in [3.8, 4) is 5.75 Å². The fraction of sp³-hybridized carbons (Fsp3) is 0.120. The molecule has 0 aliphatic carbocycles. The highest BCUT2D eigenvalue weighted by Crippen LogP contribution is 2.34. The molecule has 2 amide bonds. The molecule has 0 saturated heterocycles. The lowest BCUT2D eigenvalue weighted by Crippen LogP contribution is -2.32. The maximum absolute atomic E-state index is 13.5. The molecule has 0 bridgehead atoms. The van der Waals surface area contributed by atoms with Crippen LogP contribution in [-0.2, 0) is 9.59 Å². The van der Waals surface area contributed by atoms with E-state index in [1.165, 1.54) is 24.3 Å². The fourth-order valence-electron chi connectivity index (χ4n) is 3.37. The van der Waals surface area contributed by atoms with Gasteiger partial charge in [0.15, 0.2) is 0 Å². The predicted octanol–water partition coefficient (Wildman–Crippen LogP) is 5.01. The second-order valence-corrected chi connectivity index (χ2v) is 7.04. The number of carbonyl (C=O) groups excluding carboxylic acids is 2. The van der Waals surface area contributed by atoms with Gasteiger partial charge in [0.2, 0.25) is 0 Å². The second-order valence-electron chi connectivity index (χ2n) is 7.04. The minimum absolute atomic E-state index is 0.133. The second kappa shape index (κ2) is 8.83. The summed E-state index contributed by atoms with van der Waals surface area (Å²) in [5.74, 6) is -0.706. The average Bonchev–Trinajstić information content (AvgIpc) is 3.03. The van der Waals surface area contributed by atoms with Crippen LogP contribution in [0.15, 0.2) is 84.6 Å². The van der Waals surface area contributed by atoms with E-state index in [4.69, 9.17) is 4.74 Å². The van der Waals surface area contributed by atoms with Crippen molar-refractivity contribution >= 4 is 28.8 Å². The molecule has 1 aliphatic rings. The van der Waals surface area contributed by atoms with Crippen LogP contribution >= 0.6 is 0 Å². The molecule has 0 saturated carbocycles. The molecule has 0 unspecified atom stereocenters. The Kier molecular flexibility index (Phi) is 5.80. The van der Waals surface area contributed by atoms with Gasteiger partial charge in [-0.15, -0.1) is 0 Å². The Morgan fingerprint density at radius 2 is 1.65 bits per heavy atom. The van der Waals surface area contributed by atoms with Gasteiger partial charge in [0, 0.05) is 11.8 Å². The lowest BCUT2D eigenvalue weighted by atomic mass is 10.0. The number of nitrogens with one attached hydrogen (secondary N) is 1. The van der Waals surface area contributed by atoms with Crippen LogP contribution in [-0.4, -0.2) is 18.4 Å². The van der Waals surface area contributed by atoms with Gasteiger partial charge in [0.25, 0.3) is 11.8 Å². The molecule has 1 N–H and O–H groups in total. The van der Waals surface area contributed by atoms with E-state index in [9.17, 15) is 14.0 Å². The minimum Gasteiger partial charge on any atom is -0.494 e. The molecule has 0 spiro atoms. The first kappa shape index (κ1) is 20.3.